The number of amides is 1. The SMILES string of the molecule is C1CCCCC1.CC(C)C(NC=O)C(=O)OC(C)(C)C. The topological polar surface area (TPSA) is 55.4 Å². The molecular formula is C16H31NO3. The summed E-state index contributed by atoms with van der Waals surface area (Å²) in [5, 5.41) is 2.45. The molecule has 4 nitrogen and oxygen atoms in total. The maximum atomic E-state index is 11.5. The van der Waals surface area contributed by atoms with Crippen LogP contribution in [0.1, 0.15) is 73.1 Å². The minimum absolute atomic E-state index is 0.0232. The van der Waals surface area contributed by atoms with E-state index < -0.39 is 11.6 Å². The molecule has 1 amide bonds. The van der Waals surface area contributed by atoms with E-state index in [4.69, 9.17) is 4.74 Å². The first-order valence-corrected chi connectivity index (χ1v) is 7.70. The molecule has 0 aromatic rings. The van der Waals surface area contributed by atoms with E-state index in [1.54, 1.807) is 20.8 Å². The summed E-state index contributed by atoms with van der Waals surface area (Å²) in [5.74, 6) is -0.366. The smallest absolute Gasteiger partial charge is 0.329 e. The van der Waals surface area contributed by atoms with Gasteiger partial charge in [-0.15, -0.1) is 0 Å². The first-order chi connectivity index (χ1) is 9.28. The molecule has 1 fully saturated rings. The van der Waals surface area contributed by atoms with E-state index in [0.717, 1.165) is 0 Å². The van der Waals surface area contributed by atoms with Gasteiger partial charge in [-0.2, -0.15) is 0 Å². The summed E-state index contributed by atoms with van der Waals surface area (Å²) in [7, 11) is 0. The van der Waals surface area contributed by atoms with Gasteiger partial charge in [0.15, 0.2) is 0 Å². The molecule has 0 spiro atoms. The zero-order valence-corrected chi connectivity index (χ0v) is 13.7. The van der Waals surface area contributed by atoms with Gasteiger partial charge in [-0.1, -0.05) is 52.4 Å². The van der Waals surface area contributed by atoms with Crippen LogP contribution >= 0.6 is 0 Å². The quantitative estimate of drug-likeness (QED) is 0.636. The van der Waals surface area contributed by atoms with Crippen LogP contribution in [0.4, 0.5) is 0 Å². The molecule has 1 aliphatic rings. The second kappa shape index (κ2) is 9.78. The number of hydrogen-bond donors (Lipinski definition) is 1. The predicted molar refractivity (Wildman–Crippen MR) is 81.4 cm³/mol. The molecule has 4 heteroatoms. The van der Waals surface area contributed by atoms with Crippen LogP contribution in [-0.2, 0) is 14.3 Å². The standard InChI is InChI=1S/C10H19NO3.C6H12/c1-7(2)8(11-6-12)9(13)14-10(3,4)5;1-2-4-6-5-3-1/h6-8H,1-5H3,(H,11,12);1-6H2. The van der Waals surface area contributed by atoms with Gasteiger partial charge in [0.2, 0.25) is 6.41 Å². The Bertz CT molecular complexity index is 266. The van der Waals surface area contributed by atoms with E-state index in [2.05, 4.69) is 5.32 Å². The van der Waals surface area contributed by atoms with Crippen molar-refractivity contribution in [1.29, 1.82) is 0 Å². The largest absolute Gasteiger partial charge is 0.458 e. The predicted octanol–water partition coefficient (Wildman–Crippen LogP) is 3.44. The molecule has 0 heterocycles. The molecule has 0 aliphatic heterocycles. The first kappa shape index (κ1) is 18.9. The molecule has 118 valence electrons. The molecule has 0 radical (unpaired) electrons. The fourth-order valence-corrected chi connectivity index (χ4v) is 2.03. The molecular weight excluding hydrogens is 254 g/mol. The summed E-state index contributed by atoms with van der Waals surface area (Å²) < 4.78 is 5.15. The molecule has 0 aromatic heterocycles. The third kappa shape index (κ3) is 9.82. The molecule has 0 aromatic carbocycles. The van der Waals surface area contributed by atoms with Crippen LogP contribution in [0.2, 0.25) is 0 Å². The Morgan fingerprint density at radius 1 is 1.05 bits per heavy atom. The van der Waals surface area contributed by atoms with Crippen LogP contribution in [0.15, 0.2) is 0 Å². The second-order valence-electron chi connectivity index (χ2n) is 6.66. The van der Waals surface area contributed by atoms with Gasteiger partial charge in [-0.3, -0.25) is 4.79 Å². The average molecular weight is 285 g/mol. The van der Waals surface area contributed by atoms with Gasteiger partial charge in [-0.05, 0) is 26.7 Å². The van der Waals surface area contributed by atoms with Crippen LogP contribution in [0.5, 0.6) is 0 Å². The Morgan fingerprint density at radius 2 is 1.45 bits per heavy atom. The highest BCUT2D eigenvalue weighted by Gasteiger charge is 2.26. The summed E-state index contributed by atoms with van der Waals surface area (Å²) in [5.41, 5.74) is -0.519. The number of carbonyl (C=O) groups excluding carboxylic acids is 2. The zero-order chi connectivity index (χ0) is 15.6. The molecule has 0 saturated heterocycles. The summed E-state index contributed by atoms with van der Waals surface area (Å²) in [6, 6.07) is -0.563. The highest BCUT2D eigenvalue weighted by molar-refractivity contribution is 5.78. The number of esters is 1. The lowest BCUT2D eigenvalue weighted by molar-refractivity contribution is -0.159. The van der Waals surface area contributed by atoms with Crippen LogP contribution in [0.25, 0.3) is 0 Å². The fraction of sp³-hybridized carbons (Fsp3) is 0.875. The fourth-order valence-electron chi connectivity index (χ4n) is 2.03. The minimum atomic E-state index is -0.563. The van der Waals surface area contributed by atoms with Crippen molar-refractivity contribution in [2.24, 2.45) is 5.92 Å². The normalized spacial score (nSPS) is 16.7. The average Bonchev–Trinajstić information content (AvgIpc) is 2.36. The molecule has 0 bridgehead atoms. The van der Waals surface area contributed by atoms with Gasteiger partial charge < -0.3 is 10.1 Å². The molecule has 1 atom stereocenters. The number of ether oxygens (including phenoxy) is 1. The maximum absolute atomic E-state index is 11.5. The Balaban J connectivity index is 0.000000493. The van der Waals surface area contributed by atoms with Crippen LogP contribution in [0, 0.1) is 5.92 Å². The Kier molecular flexibility index (Phi) is 9.26. The Labute approximate surface area is 123 Å². The zero-order valence-electron chi connectivity index (χ0n) is 13.7. The second-order valence-corrected chi connectivity index (χ2v) is 6.66. The van der Waals surface area contributed by atoms with Crippen molar-refractivity contribution in [3.8, 4) is 0 Å². The molecule has 1 aliphatic carbocycles. The van der Waals surface area contributed by atoms with Crippen molar-refractivity contribution in [3.63, 3.8) is 0 Å². The third-order valence-electron chi connectivity index (χ3n) is 3.07. The first-order valence-electron chi connectivity index (χ1n) is 7.70. The summed E-state index contributed by atoms with van der Waals surface area (Å²) >= 11 is 0. The van der Waals surface area contributed by atoms with Crippen molar-refractivity contribution in [3.05, 3.63) is 0 Å². The lowest BCUT2D eigenvalue weighted by Gasteiger charge is -2.25. The lowest BCUT2D eigenvalue weighted by atomic mass is 10.0. The van der Waals surface area contributed by atoms with E-state index in [-0.39, 0.29) is 11.9 Å². The van der Waals surface area contributed by atoms with Gasteiger partial charge in [-0.25, -0.2) is 4.79 Å². The van der Waals surface area contributed by atoms with Crippen molar-refractivity contribution >= 4 is 12.4 Å². The Morgan fingerprint density at radius 3 is 1.70 bits per heavy atom. The molecule has 1 rings (SSSR count). The highest BCUT2D eigenvalue weighted by Crippen LogP contribution is 2.15. The number of hydrogen-bond acceptors (Lipinski definition) is 3. The van der Waals surface area contributed by atoms with Gasteiger partial charge in [0.25, 0.3) is 0 Å². The monoisotopic (exact) mass is 285 g/mol. The highest BCUT2D eigenvalue weighted by atomic mass is 16.6. The van der Waals surface area contributed by atoms with Crippen molar-refractivity contribution in [2.45, 2.75) is 84.8 Å². The van der Waals surface area contributed by atoms with Gasteiger partial charge >= 0.3 is 5.97 Å². The van der Waals surface area contributed by atoms with Crippen molar-refractivity contribution in [2.75, 3.05) is 0 Å². The van der Waals surface area contributed by atoms with Crippen LogP contribution in [0.3, 0.4) is 0 Å². The number of rotatable bonds is 4. The minimum Gasteiger partial charge on any atom is -0.458 e. The molecule has 1 unspecified atom stereocenters. The lowest BCUT2D eigenvalue weighted by Crippen LogP contribution is -2.44. The van der Waals surface area contributed by atoms with E-state index in [9.17, 15) is 9.59 Å². The van der Waals surface area contributed by atoms with E-state index in [0.29, 0.717) is 6.41 Å². The van der Waals surface area contributed by atoms with Gasteiger partial charge in [0.1, 0.15) is 11.6 Å². The summed E-state index contributed by atoms with van der Waals surface area (Å²) in [6.45, 7) is 9.09. The van der Waals surface area contributed by atoms with Crippen LogP contribution in [-0.4, -0.2) is 24.0 Å². The molecule has 1 saturated carbocycles. The summed E-state index contributed by atoms with van der Waals surface area (Å²) in [6.07, 6.45) is 9.52. The molecule has 1 N–H and O–H groups in total. The Hall–Kier alpha value is -1.06. The third-order valence-corrected chi connectivity index (χ3v) is 3.07. The van der Waals surface area contributed by atoms with E-state index >= 15 is 0 Å². The van der Waals surface area contributed by atoms with Gasteiger partial charge in [0, 0.05) is 0 Å². The van der Waals surface area contributed by atoms with E-state index in [1.165, 1.54) is 38.5 Å². The van der Waals surface area contributed by atoms with Gasteiger partial charge in [0.05, 0.1) is 0 Å². The van der Waals surface area contributed by atoms with Crippen LogP contribution < -0.4 is 5.32 Å². The summed E-state index contributed by atoms with van der Waals surface area (Å²) in [4.78, 5) is 21.8. The maximum Gasteiger partial charge on any atom is 0.329 e. The van der Waals surface area contributed by atoms with E-state index in [1.807, 2.05) is 13.8 Å². The number of nitrogens with one attached hydrogen (secondary N) is 1. The number of carbonyl (C=O) groups is 2. The van der Waals surface area contributed by atoms with Crippen molar-refractivity contribution in [1.82, 2.24) is 5.32 Å². The molecule has 20 heavy (non-hydrogen) atoms. The van der Waals surface area contributed by atoms with Crippen molar-refractivity contribution < 1.29 is 14.3 Å².